The second-order valence-corrected chi connectivity index (χ2v) is 10.8. The van der Waals surface area contributed by atoms with Crippen LogP contribution in [0.25, 0.3) is 0 Å². The molecule has 1 aliphatic heterocycles. The quantitative estimate of drug-likeness (QED) is 0.592. The molecule has 0 atom stereocenters. The Morgan fingerprint density at radius 1 is 1.00 bits per heavy atom. The summed E-state index contributed by atoms with van der Waals surface area (Å²) in [6.07, 6.45) is 2.56. The van der Waals surface area contributed by atoms with Gasteiger partial charge in [-0.15, -0.1) is 0 Å². The fraction of sp³-hybridized carbons (Fsp3) is 1.00. The van der Waals surface area contributed by atoms with E-state index < -0.39 is 15.2 Å². The van der Waals surface area contributed by atoms with Gasteiger partial charge in [-0.3, -0.25) is 0 Å². The van der Waals surface area contributed by atoms with Gasteiger partial charge in [0.1, 0.15) is 0 Å². The summed E-state index contributed by atoms with van der Waals surface area (Å²) in [4.78, 5) is 0. The SMILES string of the molecule is C1CCOC1.[Cl][Au]([Cl])[Cl]. The Labute approximate surface area is 73.2 Å². The fourth-order valence-corrected chi connectivity index (χ4v) is 0.510. The first-order chi connectivity index (χ1) is 4.23. The van der Waals surface area contributed by atoms with Crippen LogP contribution in [0.3, 0.4) is 0 Å². The van der Waals surface area contributed by atoms with E-state index in [2.05, 4.69) is 0 Å². The molecule has 0 saturated carbocycles. The van der Waals surface area contributed by atoms with Crippen LogP contribution in [0.4, 0.5) is 0 Å². The maximum absolute atomic E-state index is 4.95. The summed E-state index contributed by atoms with van der Waals surface area (Å²) in [6.45, 7) is 2.00. The molecule has 1 saturated heterocycles. The van der Waals surface area contributed by atoms with E-state index in [4.69, 9.17) is 32.3 Å². The van der Waals surface area contributed by atoms with E-state index >= 15 is 0 Å². The van der Waals surface area contributed by atoms with Crippen LogP contribution in [0.2, 0.25) is 0 Å². The molecule has 0 N–H and O–H groups in total. The van der Waals surface area contributed by atoms with Crippen molar-refractivity contribution in [2.24, 2.45) is 0 Å². The molecule has 0 aliphatic carbocycles. The monoisotopic (exact) mass is 374 g/mol. The molecule has 0 radical (unpaired) electrons. The number of hydrogen-bond acceptors (Lipinski definition) is 1. The second-order valence-electron chi connectivity index (χ2n) is 1.45. The van der Waals surface area contributed by atoms with Crippen molar-refractivity contribution in [3.63, 3.8) is 0 Å². The zero-order chi connectivity index (χ0) is 7.11. The summed E-state index contributed by atoms with van der Waals surface area (Å²) in [6, 6.07) is 0. The Hall–Kier alpha value is 1.57. The minimum absolute atomic E-state index is 1.00. The molecule has 1 aliphatic rings. The van der Waals surface area contributed by atoms with Crippen LogP contribution in [0.1, 0.15) is 12.8 Å². The summed E-state index contributed by atoms with van der Waals surface area (Å²) < 4.78 is 4.94. The van der Waals surface area contributed by atoms with Crippen molar-refractivity contribution in [2.45, 2.75) is 12.8 Å². The average molecular weight is 375 g/mol. The van der Waals surface area contributed by atoms with Crippen molar-refractivity contribution >= 4 is 27.6 Å². The van der Waals surface area contributed by atoms with Crippen molar-refractivity contribution in [3.8, 4) is 0 Å². The van der Waals surface area contributed by atoms with Gasteiger partial charge in [0.05, 0.1) is 0 Å². The molecule has 0 spiro atoms. The topological polar surface area (TPSA) is 9.23 Å². The summed E-state index contributed by atoms with van der Waals surface area (Å²) in [7, 11) is 14.9. The van der Waals surface area contributed by atoms with Gasteiger partial charge in [0.2, 0.25) is 0 Å². The number of hydrogen-bond donors (Lipinski definition) is 0. The minimum atomic E-state index is -1.79. The van der Waals surface area contributed by atoms with E-state index in [1.54, 1.807) is 0 Å². The van der Waals surface area contributed by atoms with Crippen LogP contribution in [0.15, 0.2) is 0 Å². The van der Waals surface area contributed by atoms with Crippen molar-refractivity contribution in [1.29, 1.82) is 0 Å². The zero-order valence-electron chi connectivity index (χ0n) is 4.67. The second kappa shape index (κ2) is 7.67. The molecular formula is C4H8AuCl3O. The van der Waals surface area contributed by atoms with Gasteiger partial charge in [-0.2, -0.15) is 0 Å². The van der Waals surface area contributed by atoms with E-state index in [0.717, 1.165) is 13.2 Å². The first kappa shape index (κ1) is 10.6. The van der Waals surface area contributed by atoms with E-state index in [-0.39, 0.29) is 0 Å². The molecule has 1 rings (SSSR count). The van der Waals surface area contributed by atoms with Gasteiger partial charge in [-0.05, 0) is 12.8 Å². The number of halogens is 3. The summed E-state index contributed by atoms with van der Waals surface area (Å²) in [5.74, 6) is 0. The average Bonchev–Trinajstić information content (AvgIpc) is 2.11. The molecule has 0 aromatic carbocycles. The summed E-state index contributed by atoms with van der Waals surface area (Å²) in [5, 5.41) is 0. The van der Waals surface area contributed by atoms with Gasteiger partial charge in [-0.25, -0.2) is 0 Å². The Balaban J connectivity index is 0.000000148. The molecule has 1 fully saturated rings. The summed E-state index contributed by atoms with van der Waals surface area (Å²) >= 11 is -1.79. The van der Waals surface area contributed by atoms with Crippen LogP contribution in [-0.4, -0.2) is 13.2 Å². The van der Waals surface area contributed by atoms with Gasteiger partial charge in [-0.1, -0.05) is 0 Å². The number of rotatable bonds is 0. The molecule has 62 valence electrons. The molecule has 0 unspecified atom stereocenters. The van der Waals surface area contributed by atoms with Crippen LogP contribution in [-0.2, 0) is 19.9 Å². The molecule has 9 heavy (non-hydrogen) atoms. The van der Waals surface area contributed by atoms with Crippen molar-refractivity contribution in [3.05, 3.63) is 0 Å². The standard InChI is InChI=1S/C4H8O.Au.3ClH/c1-2-4-5-3-1;;;;/h1-4H2;;3*1H/q;+3;;;/p-3. The molecule has 0 amide bonds. The van der Waals surface area contributed by atoms with Crippen molar-refractivity contribution in [1.82, 2.24) is 0 Å². The van der Waals surface area contributed by atoms with E-state index in [9.17, 15) is 0 Å². The third-order valence-corrected chi connectivity index (χ3v) is 0.827. The zero-order valence-corrected chi connectivity index (χ0v) is 9.11. The van der Waals surface area contributed by atoms with Crippen LogP contribution >= 0.6 is 27.6 Å². The molecule has 0 bridgehead atoms. The van der Waals surface area contributed by atoms with Gasteiger partial charge < -0.3 is 4.74 Å². The molecule has 0 aromatic rings. The predicted octanol–water partition coefficient (Wildman–Crippen LogP) is 2.86. The first-order valence-corrected chi connectivity index (χ1v) is 10.5. The van der Waals surface area contributed by atoms with Gasteiger partial charge in [0.25, 0.3) is 0 Å². The fourth-order valence-electron chi connectivity index (χ4n) is 0.510. The Kier molecular flexibility index (Phi) is 9.01. The molecule has 1 heterocycles. The Morgan fingerprint density at radius 2 is 1.33 bits per heavy atom. The molecular weight excluding hydrogens is 367 g/mol. The molecule has 0 aromatic heterocycles. The first-order valence-electron chi connectivity index (χ1n) is 2.42. The molecule has 5 heteroatoms. The van der Waals surface area contributed by atoms with Gasteiger partial charge in [0.15, 0.2) is 0 Å². The molecule has 1 nitrogen and oxygen atoms in total. The van der Waals surface area contributed by atoms with Crippen LogP contribution < -0.4 is 0 Å². The predicted molar refractivity (Wildman–Crippen MR) is 37.6 cm³/mol. The third kappa shape index (κ3) is 12.7. The van der Waals surface area contributed by atoms with Gasteiger partial charge in [0, 0.05) is 13.2 Å². The summed E-state index contributed by atoms with van der Waals surface area (Å²) in [5.41, 5.74) is 0. The van der Waals surface area contributed by atoms with Crippen LogP contribution in [0.5, 0.6) is 0 Å². The van der Waals surface area contributed by atoms with Crippen LogP contribution in [0, 0.1) is 0 Å². The van der Waals surface area contributed by atoms with E-state index in [1.807, 2.05) is 0 Å². The Morgan fingerprint density at radius 3 is 1.44 bits per heavy atom. The maximum atomic E-state index is 4.95. The van der Waals surface area contributed by atoms with E-state index in [1.165, 1.54) is 12.8 Å². The van der Waals surface area contributed by atoms with Crippen molar-refractivity contribution < 1.29 is 19.9 Å². The van der Waals surface area contributed by atoms with E-state index in [0.29, 0.717) is 0 Å². The third-order valence-electron chi connectivity index (χ3n) is 0.827. The number of ether oxygens (including phenoxy) is 1. The Bertz CT molecular complexity index is 47.4. The van der Waals surface area contributed by atoms with Gasteiger partial charge >= 0.3 is 42.8 Å². The normalized spacial score (nSPS) is 18.3. The van der Waals surface area contributed by atoms with Crippen molar-refractivity contribution in [2.75, 3.05) is 13.2 Å².